The van der Waals surface area contributed by atoms with Crippen LogP contribution in [0.4, 0.5) is 0 Å². The third-order valence-corrected chi connectivity index (χ3v) is 3.41. The molecule has 0 unspecified atom stereocenters. The van der Waals surface area contributed by atoms with Gasteiger partial charge < -0.3 is 5.11 Å². The summed E-state index contributed by atoms with van der Waals surface area (Å²) in [5, 5.41) is 20.6. The van der Waals surface area contributed by atoms with Crippen LogP contribution in [0.25, 0.3) is 0 Å². The molecule has 0 amide bonds. The Morgan fingerprint density at radius 2 is 1.45 bits per heavy atom. The lowest BCUT2D eigenvalue weighted by atomic mass is 9.59. The van der Waals surface area contributed by atoms with E-state index >= 15 is 0 Å². The van der Waals surface area contributed by atoms with Crippen LogP contribution in [0.1, 0.15) is 38.5 Å². The van der Waals surface area contributed by atoms with Crippen molar-refractivity contribution in [3.05, 3.63) is 0 Å². The Morgan fingerprint density at radius 3 is 1.82 bits per heavy atom. The van der Waals surface area contributed by atoms with Gasteiger partial charge in [0.1, 0.15) is 0 Å². The molecule has 60 valence electrons. The average molecular weight is 150 g/mol. The molecule has 0 atom stereocenters. The number of hydrogen-bond acceptors (Lipinski definition) is 2. The maximum absolute atomic E-state index is 11.7. The van der Waals surface area contributed by atoms with Crippen LogP contribution in [0.5, 0.6) is 0 Å². The lowest BCUT2D eigenvalue weighted by Gasteiger charge is -2.55. The summed E-state index contributed by atoms with van der Waals surface area (Å²) in [5.41, 5.74) is -0.731. The highest BCUT2D eigenvalue weighted by Gasteiger charge is 2.42. The van der Waals surface area contributed by atoms with Crippen LogP contribution in [-0.4, -0.2) is 5.60 Å². The minimum absolute atomic E-state index is 0.0911. The van der Waals surface area contributed by atoms with Crippen molar-refractivity contribution >= 4 is 0 Å². The summed E-state index contributed by atoms with van der Waals surface area (Å²) < 4.78 is 0. The van der Waals surface area contributed by atoms with E-state index < -0.39 is 5.60 Å². The van der Waals surface area contributed by atoms with Gasteiger partial charge in [0.05, 0.1) is 11.5 Å². The predicted molar refractivity (Wildman–Crippen MR) is 38.5 cm³/mol. The fraction of sp³-hybridized carbons (Fsp3) is 0.889. The van der Waals surface area contributed by atoms with Crippen molar-refractivity contribution < 1.29 is 5.11 Å². The van der Waals surface area contributed by atoms with Gasteiger partial charge in [-0.25, -0.2) is 0 Å². The molecule has 0 spiro atoms. The summed E-state index contributed by atoms with van der Waals surface area (Å²) in [6.45, 7) is 0. The first-order valence-electron chi connectivity index (χ1n) is 4.30. The summed E-state index contributed by atoms with van der Waals surface area (Å²) in [5.74, 6) is 0. The molecule has 2 heteroatoms. The molecule has 3 aliphatic carbocycles. The van der Waals surface area contributed by atoms with Gasteiger partial charge in [0, 0.05) is 0 Å². The summed E-state index contributed by atoms with van der Waals surface area (Å²) in [6.07, 6.45) is 4.77. The van der Waals surface area contributed by atoms with Crippen molar-refractivity contribution in [2.24, 2.45) is 5.41 Å². The number of hydrogen-bond donors (Lipinski definition) is 0. The molecule has 0 aromatic heterocycles. The molecule has 11 heavy (non-hydrogen) atoms. The molecular formula is C9H12NO-. The zero-order valence-corrected chi connectivity index (χ0v) is 6.60. The second-order valence-electron chi connectivity index (χ2n) is 4.08. The quantitative estimate of drug-likeness (QED) is 0.516. The number of nitriles is 1. The highest BCUT2D eigenvalue weighted by molar-refractivity contribution is 5.09. The monoisotopic (exact) mass is 150 g/mol. The summed E-state index contributed by atoms with van der Waals surface area (Å²) >= 11 is 0. The molecule has 0 aromatic carbocycles. The van der Waals surface area contributed by atoms with E-state index in [0.717, 1.165) is 38.5 Å². The molecule has 3 rings (SSSR count). The summed E-state index contributed by atoms with van der Waals surface area (Å²) in [6, 6.07) is 2.38. The van der Waals surface area contributed by atoms with E-state index in [1.54, 1.807) is 0 Å². The van der Waals surface area contributed by atoms with E-state index in [1.165, 1.54) is 0 Å². The predicted octanol–water partition coefficient (Wildman–Crippen LogP) is 0.963. The molecule has 2 bridgehead atoms. The van der Waals surface area contributed by atoms with Crippen molar-refractivity contribution in [2.75, 3.05) is 0 Å². The lowest BCUT2D eigenvalue weighted by molar-refractivity contribution is -0.496. The van der Waals surface area contributed by atoms with Crippen molar-refractivity contribution in [3.8, 4) is 6.07 Å². The molecule has 0 radical (unpaired) electrons. The van der Waals surface area contributed by atoms with Gasteiger partial charge >= 0.3 is 0 Å². The minimum atomic E-state index is -0.640. The van der Waals surface area contributed by atoms with Crippen LogP contribution >= 0.6 is 0 Å². The minimum Gasteiger partial charge on any atom is -0.849 e. The summed E-state index contributed by atoms with van der Waals surface area (Å²) in [4.78, 5) is 0. The lowest BCUT2D eigenvalue weighted by Crippen LogP contribution is -2.53. The van der Waals surface area contributed by atoms with Gasteiger partial charge in [-0.05, 0) is 19.3 Å². The Bertz CT molecular complexity index is 192. The first-order valence-corrected chi connectivity index (χ1v) is 4.30. The van der Waals surface area contributed by atoms with E-state index in [-0.39, 0.29) is 5.41 Å². The van der Waals surface area contributed by atoms with Crippen LogP contribution in [-0.2, 0) is 0 Å². The third-order valence-electron chi connectivity index (χ3n) is 3.41. The standard InChI is InChI=1S/C9H12NO/c10-7-8-1-4-9(11,5-2-8)6-3-8/h1-6H2/q-1. The Morgan fingerprint density at radius 1 is 1.00 bits per heavy atom. The van der Waals surface area contributed by atoms with Crippen molar-refractivity contribution in [3.63, 3.8) is 0 Å². The molecule has 3 aliphatic rings. The fourth-order valence-corrected chi connectivity index (χ4v) is 2.32. The van der Waals surface area contributed by atoms with Gasteiger partial charge in [0.15, 0.2) is 0 Å². The first kappa shape index (κ1) is 7.12. The van der Waals surface area contributed by atoms with E-state index in [9.17, 15) is 5.11 Å². The van der Waals surface area contributed by atoms with Gasteiger partial charge in [-0.3, -0.25) is 0 Å². The van der Waals surface area contributed by atoms with Gasteiger partial charge in [-0.2, -0.15) is 5.26 Å². The topological polar surface area (TPSA) is 46.8 Å². The van der Waals surface area contributed by atoms with Gasteiger partial charge in [0.2, 0.25) is 0 Å². The smallest absolute Gasteiger partial charge is 0.0689 e. The Hall–Kier alpha value is -0.550. The van der Waals surface area contributed by atoms with Crippen LogP contribution in [0.15, 0.2) is 0 Å². The molecule has 0 heterocycles. The molecule has 0 aromatic rings. The van der Waals surface area contributed by atoms with Crippen LogP contribution in [0, 0.1) is 16.7 Å². The van der Waals surface area contributed by atoms with E-state index in [4.69, 9.17) is 5.26 Å². The zero-order chi connectivity index (χ0) is 7.95. The number of nitrogens with zero attached hydrogens (tertiary/aromatic N) is 1. The molecule has 2 nitrogen and oxygen atoms in total. The maximum Gasteiger partial charge on any atom is 0.0689 e. The largest absolute Gasteiger partial charge is 0.849 e. The summed E-state index contributed by atoms with van der Waals surface area (Å²) in [7, 11) is 0. The number of rotatable bonds is 0. The van der Waals surface area contributed by atoms with Gasteiger partial charge in [-0.1, -0.05) is 19.3 Å². The Labute approximate surface area is 66.8 Å². The van der Waals surface area contributed by atoms with E-state index in [1.807, 2.05) is 0 Å². The molecule has 0 aliphatic heterocycles. The highest BCUT2D eigenvalue weighted by Crippen LogP contribution is 2.50. The first-order chi connectivity index (χ1) is 5.18. The maximum atomic E-state index is 11.7. The van der Waals surface area contributed by atoms with Gasteiger partial charge in [-0.15, -0.1) is 5.60 Å². The molecule has 0 N–H and O–H groups in total. The van der Waals surface area contributed by atoms with Gasteiger partial charge in [0.25, 0.3) is 0 Å². The van der Waals surface area contributed by atoms with Crippen LogP contribution in [0.3, 0.4) is 0 Å². The van der Waals surface area contributed by atoms with Crippen molar-refractivity contribution in [1.82, 2.24) is 0 Å². The molecule has 0 saturated heterocycles. The van der Waals surface area contributed by atoms with Crippen LogP contribution < -0.4 is 5.11 Å². The fourth-order valence-electron chi connectivity index (χ4n) is 2.32. The third kappa shape index (κ3) is 0.954. The number of fused-ring (bicyclic) bond motifs is 3. The van der Waals surface area contributed by atoms with E-state index in [0.29, 0.717) is 0 Å². The molecule has 3 saturated carbocycles. The highest BCUT2D eigenvalue weighted by atomic mass is 16.3. The van der Waals surface area contributed by atoms with Crippen molar-refractivity contribution in [2.45, 2.75) is 44.1 Å². The van der Waals surface area contributed by atoms with Crippen LogP contribution in [0.2, 0.25) is 0 Å². The van der Waals surface area contributed by atoms with Crippen molar-refractivity contribution in [1.29, 1.82) is 5.26 Å². The Balaban J connectivity index is 2.20. The molecule has 3 fully saturated rings. The second kappa shape index (κ2) is 1.98. The Kier molecular flexibility index (Phi) is 1.28. The normalized spacial score (nSPS) is 48.7. The second-order valence-corrected chi connectivity index (χ2v) is 4.08. The average Bonchev–Trinajstić information content (AvgIpc) is 2.07. The SMILES string of the molecule is N#CC12CCC([O-])(CC1)CC2. The van der Waals surface area contributed by atoms with E-state index in [2.05, 4.69) is 6.07 Å². The molecular weight excluding hydrogens is 138 g/mol. The zero-order valence-electron chi connectivity index (χ0n) is 6.60.